The highest BCUT2D eigenvalue weighted by Crippen LogP contribution is 2.30. The van der Waals surface area contributed by atoms with Crippen molar-refractivity contribution in [1.29, 1.82) is 0 Å². The third-order valence-electron chi connectivity index (χ3n) is 4.47. The van der Waals surface area contributed by atoms with Gasteiger partial charge < -0.3 is 5.32 Å². The van der Waals surface area contributed by atoms with Crippen molar-refractivity contribution < 1.29 is 13.2 Å². The van der Waals surface area contributed by atoms with Crippen molar-refractivity contribution in [3.05, 3.63) is 54.1 Å². The minimum absolute atomic E-state index is 0.138. The first-order chi connectivity index (χ1) is 13.6. The van der Waals surface area contributed by atoms with Gasteiger partial charge in [0.1, 0.15) is 0 Å². The molecule has 0 saturated heterocycles. The lowest BCUT2D eigenvalue weighted by molar-refractivity contribution is -0.118. The first-order valence-electron chi connectivity index (χ1n) is 9.70. The molecule has 1 atom stereocenters. The van der Waals surface area contributed by atoms with Crippen LogP contribution in [0.1, 0.15) is 45.7 Å². The van der Waals surface area contributed by atoms with Gasteiger partial charge in [0.2, 0.25) is 15.9 Å². The van der Waals surface area contributed by atoms with E-state index in [2.05, 4.69) is 23.9 Å². The van der Waals surface area contributed by atoms with Crippen LogP contribution in [0, 0.1) is 11.8 Å². The van der Waals surface area contributed by atoms with Gasteiger partial charge in [-0.1, -0.05) is 58.0 Å². The molecule has 0 saturated carbocycles. The highest BCUT2D eigenvalue weighted by molar-refractivity contribution is 7.98. The Morgan fingerprint density at radius 2 is 1.69 bits per heavy atom. The molecule has 0 aliphatic rings. The molecule has 0 heterocycles. The maximum absolute atomic E-state index is 13.1. The Hall–Kier alpha value is -1.83. The summed E-state index contributed by atoms with van der Waals surface area (Å²) in [4.78, 5) is 13.1. The van der Waals surface area contributed by atoms with E-state index in [0.717, 1.165) is 10.5 Å². The van der Waals surface area contributed by atoms with Gasteiger partial charge >= 0.3 is 0 Å². The lowest BCUT2D eigenvalue weighted by Gasteiger charge is -2.21. The number of rotatable bonds is 9. The fraction of sp³-hybridized carbons (Fsp3) is 0.409. The average Bonchev–Trinajstić information content (AvgIpc) is 2.67. The van der Waals surface area contributed by atoms with Crippen molar-refractivity contribution in [2.45, 2.75) is 49.9 Å². The summed E-state index contributed by atoms with van der Waals surface area (Å²) in [6, 6.07) is 14.1. The summed E-state index contributed by atoms with van der Waals surface area (Å²) >= 11 is 1.46. The highest BCUT2D eigenvalue weighted by Gasteiger charge is 2.23. The number of nitrogens with one attached hydrogen (secondary N) is 2. The van der Waals surface area contributed by atoms with E-state index in [1.807, 2.05) is 36.6 Å². The number of hydrogen-bond donors (Lipinski definition) is 2. The second-order valence-electron chi connectivity index (χ2n) is 7.72. The van der Waals surface area contributed by atoms with Crippen LogP contribution in [-0.2, 0) is 14.8 Å². The number of hydrogen-bond acceptors (Lipinski definition) is 4. The summed E-state index contributed by atoms with van der Waals surface area (Å²) in [6.07, 6.45) is 2.57. The summed E-state index contributed by atoms with van der Waals surface area (Å²) in [5, 5.41) is 2.84. The molecule has 2 N–H and O–H groups in total. The van der Waals surface area contributed by atoms with Crippen LogP contribution in [0.15, 0.2) is 58.3 Å². The molecule has 0 radical (unpaired) electrons. The number of sulfonamides is 1. The summed E-state index contributed by atoms with van der Waals surface area (Å²) in [5.41, 5.74) is 1.44. The van der Waals surface area contributed by atoms with E-state index < -0.39 is 10.0 Å². The largest absolute Gasteiger partial charge is 0.325 e. The summed E-state index contributed by atoms with van der Waals surface area (Å²) < 4.78 is 29.1. The second-order valence-corrected chi connectivity index (χ2v) is 10.3. The number of amides is 1. The van der Waals surface area contributed by atoms with Crippen molar-refractivity contribution in [2.24, 2.45) is 11.8 Å². The molecule has 2 rings (SSSR count). The van der Waals surface area contributed by atoms with Crippen molar-refractivity contribution in [2.75, 3.05) is 11.6 Å². The van der Waals surface area contributed by atoms with Crippen LogP contribution in [-0.4, -0.2) is 20.6 Å². The topological polar surface area (TPSA) is 75.3 Å². The van der Waals surface area contributed by atoms with Crippen LogP contribution in [0.25, 0.3) is 0 Å². The Morgan fingerprint density at radius 1 is 1.03 bits per heavy atom. The zero-order chi connectivity index (χ0) is 21.6. The Balaban J connectivity index is 2.36. The van der Waals surface area contributed by atoms with Crippen molar-refractivity contribution in [3.63, 3.8) is 0 Å². The summed E-state index contributed by atoms with van der Waals surface area (Å²) in [5.74, 6) is -0.0240. The molecule has 2 aromatic carbocycles. The monoisotopic (exact) mass is 434 g/mol. The Bertz CT molecular complexity index is 926. The fourth-order valence-corrected chi connectivity index (χ4v) is 4.69. The molecule has 0 aliphatic carbocycles. The fourth-order valence-electron chi connectivity index (χ4n) is 2.89. The zero-order valence-corrected chi connectivity index (χ0v) is 19.2. The van der Waals surface area contributed by atoms with Gasteiger partial charge in [-0.05, 0) is 42.4 Å². The van der Waals surface area contributed by atoms with E-state index in [9.17, 15) is 13.2 Å². The van der Waals surface area contributed by atoms with E-state index in [1.165, 1.54) is 17.8 Å². The minimum Gasteiger partial charge on any atom is -0.325 e. The smallest absolute Gasteiger partial charge is 0.241 e. The van der Waals surface area contributed by atoms with Crippen molar-refractivity contribution in [3.8, 4) is 0 Å². The van der Waals surface area contributed by atoms with Crippen LogP contribution < -0.4 is 10.0 Å². The molecule has 0 fully saturated rings. The molecule has 0 spiro atoms. The van der Waals surface area contributed by atoms with E-state index >= 15 is 0 Å². The van der Waals surface area contributed by atoms with Crippen LogP contribution in [0.2, 0.25) is 0 Å². The van der Waals surface area contributed by atoms with E-state index in [0.29, 0.717) is 18.0 Å². The number of carbonyl (C=O) groups excluding carboxylic acids is 1. The minimum atomic E-state index is -3.77. The predicted molar refractivity (Wildman–Crippen MR) is 121 cm³/mol. The third-order valence-corrected chi connectivity index (χ3v) is 6.74. The standard InChI is InChI=1S/C22H30N2O3S2/c1-15(2)13-19(17-9-7-6-8-10-17)24-29(26,27)18-11-12-21(28-5)20(14-18)23-22(25)16(3)4/h6-12,14-16,19,24H,13H2,1-5H3,(H,23,25). The van der Waals surface area contributed by atoms with Gasteiger partial charge in [0.25, 0.3) is 0 Å². The number of anilines is 1. The van der Waals surface area contributed by atoms with Gasteiger partial charge in [0.05, 0.1) is 10.6 Å². The Morgan fingerprint density at radius 3 is 2.24 bits per heavy atom. The number of benzene rings is 2. The van der Waals surface area contributed by atoms with Crippen molar-refractivity contribution in [1.82, 2.24) is 4.72 Å². The lowest BCUT2D eigenvalue weighted by Crippen LogP contribution is -2.30. The molecule has 158 valence electrons. The molecule has 1 amide bonds. The van der Waals surface area contributed by atoms with Gasteiger partial charge in [-0.3, -0.25) is 4.79 Å². The van der Waals surface area contributed by atoms with Gasteiger partial charge in [-0.15, -0.1) is 11.8 Å². The first kappa shape index (κ1) is 23.4. The maximum Gasteiger partial charge on any atom is 0.241 e. The van der Waals surface area contributed by atoms with Crippen molar-refractivity contribution >= 4 is 33.4 Å². The molecule has 5 nitrogen and oxygen atoms in total. The van der Waals surface area contributed by atoms with Gasteiger partial charge in [-0.25, -0.2) is 13.1 Å². The molecule has 2 aromatic rings. The zero-order valence-electron chi connectivity index (χ0n) is 17.6. The maximum atomic E-state index is 13.1. The first-order valence-corrected chi connectivity index (χ1v) is 12.4. The summed E-state index contributed by atoms with van der Waals surface area (Å²) in [7, 11) is -3.77. The van der Waals surface area contributed by atoms with E-state index in [-0.39, 0.29) is 22.8 Å². The van der Waals surface area contributed by atoms with Crippen LogP contribution >= 0.6 is 11.8 Å². The number of carbonyl (C=O) groups is 1. The molecule has 0 aromatic heterocycles. The Labute approximate surface area is 178 Å². The van der Waals surface area contributed by atoms with Crippen LogP contribution in [0.3, 0.4) is 0 Å². The highest BCUT2D eigenvalue weighted by atomic mass is 32.2. The van der Waals surface area contributed by atoms with Gasteiger partial charge in [0, 0.05) is 16.9 Å². The van der Waals surface area contributed by atoms with Crippen LogP contribution in [0.4, 0.5) is 5.69 Å². The molecule has 0 aliphatic heterocycles. The average molecular weight is 435 g/mol. The van der Waals surface area contributed by atoms with Gasteiger partial charge in [0.15, 0.2) is 0 Å². The van der Waals surface area contributed by atoms with Gasteiger partial charge in [-0.2, -0.15) is 0 Å². The Kier molecular flexibility index (Phi) is 8.31. The predicted octanol–water partition coefficient (Wildman–Crippen LogP) is 5.07. The lowest BCUT2D eigenvalue weighted by atomic mass is 9.98. The molecule has 29 heavy (non-hydrogen) atoms. The molecule has 7 heteroatoms. The quantitative estimate of drug-likeness (QED) is 0.540. The molecular weight excluding hydrogens is 404 g/mol. The SMILES string of the molecule is CSc1ccc(S(=O)(=O)NC(CC(C)C)c2ccccc2)cc1NC(=O)C(C)C. The molecule has 1 unspecified atom stereocenters. The third kappa shape index (κ3) is 6.59. The van der Waals surface area contributed by atoms with Crippen LogP contribution in [0.5, 0.6) is 0 Å². The second kappa shape index (κ2) is 10.3. The molecular formula is C22H30N2O3S2. The van der Waals surface area contributed by atoms with E-state index in [1.54, 1.807) is 26.0 Å². The summed E-state index contributed by atoms with van der Waals surface area (Å²) in [6.45, 7) is 7.73. The molecule has 0 bridgehead atoms. The van der Waals surface area contributed by atoms with E-state index in [4.69, 9.17) is 0 Å². The number of thioether (sulfide) groups is 1. The normalized spacial score (nSPS) is 12.9.